The number of hydrogen-bond acceptors (Lipinski definition) is 4. The molecule has 0 saturated heterocycles. The second kappa shape index (κ2) is 7.26. The topological polar surface area (TPSA) is 34.1 Å². The lowest BCUT2D eigenvalue weighted by Gasteiger charge is -2.04. The number of aryl methyl sites for hydroxylation is 1. The molecule has 1 aromatic carbocycles. The summed E-state index contributed by atoms with van der Waals surface area (Å²) in [5.74, 6) is 0. The summed E-state index contributed by atoms with van der Waals surface area (Å²) in [6.45, 7) is 6.39. The first-order valence-electron chi connectivity index (χ1n) is 6.59. The Morgan fingerprint density at radius 2 is 2.05 bits per heavy atom. The number of aromatic nitrogens is 1. The molecule has 2 rings (SSSR count). The molecule has 3 nitrogen and oxygen atoms in total. The molecule has 0 aliphatic rings. The summed E-state index contributed by atoms with van der Waals surface area (Å²) in [6.07, 6.45) is 1.05. The number of thiazole rings is 1. The fraction of sp³-hybridized carbons (Fsp3) is 0.400. The zero-order valence-corrected chi connectivity index (χ0v) is 12.3. The molecule has 1 heterocycles. The van der Waals surface area contributed by atoms with Crippen molar-refractivity contribution in [3.05, 3.63) is 45.9 Å². The average Bonchev–Trinajstić information content (AvgIpc) is 2.86. The highest BCUT2D eigenvalue weighted by atomic mass is 32.1. The van der Waals surface area contributed by atoms with Gasteiger partial charge in [0.2, 0.25) is 0 Å². The monoisotopic (exact) mass is 276 g/mol. The number of nitrogens with one attached hydrogen (secondary N) is 1. The van der Waals surface area contributed by atoms with Crippen molar-refractivity contribution in [3.8, 4) is 0 Å². The number of benzene rings is 1. The summed E-state index contributed by atoms with van der Waals surface area (Å²) in [7, 11) is 0. The van der Waals surface area contributed by atoms with Gasteiger partial charge in [0.05, 0.1) is 18.8 Å². The van der Waals surface area contributed by atoms with E-state index in [0.29, 0.717) is 6.61 Å². The molecule has 0 saturated carbocycles. The molecule has 102 valence electrons. The van der Waals surface area contributed by atoms with Crippen LogP contribution in [0.1, 0.15) is 29.6 Å². The highest BCUT2D eigenvalue weighted by molar-refractivity contribution is 7.09. The van der Waals surface area contributed by atoms with Crippen LogP contribution in [0.5, 0.6) is 0 Å². The van der Waals surface area contributed by atoms with Crippen LogP contribution in [0.15, 0.2) is 29.6 Å². The van der Waals surface area contributed by atoms with Gasteiger partial charge in [-0.2, -0.15) is 0 Å². The molecule has 1 N–H and O–H groups in total. The molecule has 0 unspecified atom stereocenters. The van der Waals surface area contributed by atoms with Gasteiger partial charge in [0.1, 0.15) is 5.01 Å². The second-order valence-electron chi connectivity index (χ2n) is 4.50. The number of rotatable bonds is 7. The molecular formula is C15H20N2OS. The van der Waals surface area contributed by atoms with Crippen molar-refractivity contribution in [2.24, 2.45) is 0 Å². The molecule has 4 heteroatoms. The smallest absolute Gasteiger partial charge is 0.119 e. The second-order valence-corrected chi connectivity index (χ2v) is 5.45. The summed E-state index contributed by atoms with van der Waals surface area (Å²) in [5, 5.41) is 6.51. The Balaban J connectivity index is 1.81. The van der Waals surface area contributed by atoms with Crippen LogP contribution in [0.25, 0.3) is 0 Å². The number of anilines is 1. The lowest BCUT2D eigenvalue weighted by molar-refractivity contribution is 0.121. The molecule has 0 bridgehead atoms. The fourth-order valence-corrected chi connectivity index (χ4v) is 2.39. The van der Waals surface area contributed by atoms with Crippen LogP contribution in [0.2, 0.25) is 0 Å². The van der Waals surface area contributed by atoms with Crippen LogP contribution in [0, 0.1) is 6.92 Å². The van der Waals surface area contributed by atoms with E-state index in [4.69, 9.17) is 4.74 Å². The third-order valence-electron chi connectivity index (χ3n) is 2.70. The van der Waals surface area contributed by atoms with E-state index >= 15 is 0 Å². The van der Waals surface area contributed by atoms with Crippen molar-refractivity contribution in [2.75, 3.05) is 11.9 Å². The molecule has 0 aliphatic heterocycles. The van der Waals surface area contributed by atoms with E-state index in [0.717, 1.165) is 36.0 Å². The van der Waals surface area contributed by atoms with E-state index in [9.17, 15) is 0 Å². The minimum Gasteiger partial charge on any atom is -0.379 e. The maximum Gasteiger partial charge on any atom is 0.119 e. The fourth-order valence-electron chi connectivity index (χ4n) is 1.66. The summed E-state index contributed by atoms with van der Waals surface area (Å²) in [5.41, 5.74) is 3.47. The van der Waals surface area contributed by atoms with Crippen LogP contribution in [0.3, 0.4) is 0 Å². The Labute approximate surface area is 118 Å². The molecule has 0 fully saturated rings. The first-order valence-corrected chi connectivity index (χ1v) is 7.47. The molecule has 19 heavy (non-hydrogen) atoms. The van der Waals surface area contributed by atoms with Crippen molar-refractivity contribution >= 4 is 17.0 Å². The third kappa shape index (κ3) is 4.65. The predicted octanol–water partition coefficient (Wildman–Crippen LogP) is 3.99. The molecule has 1 aromatic heterocycles. The van der Waals surface area contributed by atoms with Gasteiger partial charge in [-0.05, 0) is 25.5 Å². The van der Waals surface area contributed by atoms with Crippen molar-refractivity contribution < 1.29 is 4.74 Å². The van der Waals surface area contributed by atoms with Crippen molar-refractivity contribution in [3.63, 3.8) is 0 Å². The Bertz CT molecular complexity index is 493. The van der Waals surface area contributed by atoms with Gasteiger partial charge in [-0.15, -0.1) is 11.3 Å². The van der Waals surface area contributed by atoms with Gasteiger partial charge in [-0.1, -0.05) is 24.6 Å². The van der Waals surface area contributed by atoms with Gasteiger partial charge < -0.3 is 10.1 Å². The molecule has 0 radical (unpaired) electrons. The van der Waals surface area contributed by atoms with Crippen LogP contribution in [-0.4, -0.2) is 11.6 Å². The van der Waals surface area contributed by atoms with E-state index in [1.807, 2.05) is 0 Å². The Hall–Kier alpha value is -1.39. The van der Waals surface area contributed by atoms with E-state index < -0.39 is 0 Å². The van der Waals surface area contributed by atoms with E-state index in [1.54, 1.807) is 11.3 Å². The van der Waals surface area contributed by atoms with E-state index in [1.165, 1.54) is 5.56 Å². The highest BCUT2D eigenvalue weighted by Gasteiger charge is 2.02. The SMILES string of the molecule is CCCOCc1nc(CNc2ccc(C)cc2)cs1. The lowest BCUT2D eigenvalue weighted by Crippen LogP contribution is -2.00. The van der Waals surface area contributed by atoms with Crippen LogP contribution in [0.4, 0.5) is 5.69 Å². The van der Waals surface area contributed by atoms with Crippen molar-refractivity contribution in [2.45, 2.75) is 33.4 Å². The number of nitrogens with zero attached hydrogens (tertiary/aromatic N) is 1. The quantitative estimate of drug-likeness (QED) is 0.776. The first-order chi connectivity index (χ1) is 9.28. The molecular weight excluding hydrogens is 256 g/mol. The van der Waals surface area contributed by atoms with Crippen LogP contribution < -0.4 is 5.32 Å². The summed E-state index contributed by atoms with van der Waals surface area (Å²) in [4.78, 5) is 4.55. The molecule has 2 aromatic rings. The Morgan fingerprint density at radius 1 is 1.26 bits per heavy atom. The Kier molecular flexibility index (Phi) is 5.36. The van der Waals surface area contributed by atoms with E-state index in [-0.39, 0.29) is 0 Å². The molecule has 0 spiro atoms. The van der Waals surface area contributed by atoms with E-state index in [2.05, 4.69) is 53.8 Å². The maximum atomic E-state index is 5.49. The zero-order chi connectivity index (χ0) is 13.5. The minimum absolute atomic E-state index is 0.628. The average molecular weight is 276 g/mol. The van der Waals surface area contributed by atoms with Gasteiger partial charge in [0.15, 0.2) is 0 Å². The third-order valence-corrected chi connectivity index (χ3v) is 3.57. The Morgan fingerprint density at radius 3 is 2.79 bits per heavy atom. The molecule has 0 aliphatic carbocycles. The van der Waals surface area contributed by atoms with Gasteiger partial charge in [-0.25, -0.2) is 4.98 Å². The van der Waals surface area contributed by atoms with Gasteiger partial charge in [-0.3, -0.25) is 0 Å². The number of ether oxygens (including phenoxy) is 1. The van der Waals surface area contributed by atoms with Crippen LogP contribution >= 0.6 is 11.3 Å². The summed E-state index contributed by atoms with van der Waals surface area (Å²) in [6, 6.07) is 8.39. The standard InChI is InChI=1S/C15H20N2OS/c1-3-8-18-10-15-17-14(11-19-15)9-16-13-6-4-12(2)5-7-13/h4-7,11,16H,3,8-10H2,1-2H3. The molecule has 0 amide bonds. The summed E-state index contributed by atoms with van der Waals surface area (Å²) >= 11 is 1.66. The first kappa shape index (κ1) is 14.0. The number of hydrogen-bond donors (Lipinski definition) is 1. The van der Waals surface area contributed by atoms with Gasteiger partial charge in [0, 0.05) is 17.7 Å². The summed E-state index contributed by atoms with van der Waals surface area (Å²) < 4.78 is 5.49. The lowest BCUT2D eigenvalue weighted by atomic mass is 10.2. The van der Waals surface area contributed by atoms with Crippen LogP contribution in [-0.2, 0) is 17.9 Å². The largest absolute Gasteiger partial charge is 0.379 e. The van der Waals surface area contributed by atoms with Gasteiger partial charge >= 0.3 is 0 Å². The highest BCUT2D eigenvalue weighted by Crippen LogP contribution is 2.14. The normalized spacial score (nSPS) is 10.6. The maximum absolute atomic E-state index is 5.49. The predicted molar refractivity (Wildman–Crippen MR) is 80.6 cm³/mol. The molecule has 0 atom stereocenters. The van der Waals surface area contributed by atoms with Gasteiger partial charge in [0.25, 0.3) is 0 Å². The zero-order valence-electron chi connectivity index (χ0n) is 11.5. The van der Waals surface area contributed by atoms with Crippen molar-refractivity contribution in [1.29, 1.82) is 0 Å². The minimum atomic E-state index is 0.628. The van der Waals surface area contributed by atoms with Crippen molar-refractivity contribution in [1.82, 2.24) is 4.98 Å².